The lowest BCUT2D eigenvalue weighted by Gasteiger charge is -2.06. The summed E-state index contributed by atoms with van der Waals surface area (Å²) in [7, 11) is 0. The second-order valence-electron chi connectivity index (χ2n) is 19.8. The molecule has 7 heteroatoms. The lowest BCUT2D eigenvalue weighted by atomic mass is 10.0. The Morgan fingerprint density at radius 3 is 1.03 bits per heavy atom. The minimum atomic E-state index is -0.767. The van der Waals surface area contributed by atoms with Gasteiger partial charge in [0.15, 0.2) is 11.6 Å². The highest BCUT2D eigenvalue weighted by Gasteiger charge is 2.11. The summed E-state index contributed by atoms with van der Waals surface area (Å²) in [4.78, 5) is 0. The average molecular weight is 1040 g/mol. The molecule has 7 aromatic rings. The maximum Gasteiger partial charge on any atom is 0.162 e. The van der Waals surface area contributed by atoms with Gasteiger partial charge in [-0.2, -0.15) is 0 Å². The summed E-state index contributed by atoms with van der Waals surface area (Å²) >= 11 is 0. The normalized spacial score (nSPS) is 10.1. The first-order valence-corrected chi connectivity index (χ1v) is 25.0. The fraction of sp³-hybridized carbons (Fsp3) is 0.382. The van der Waals surface area contributed by atoms with Crippen molar-refractivity contribution in [3.05, 3.63) is 249 Å². The van der Waals surface area contributed by atoms with E-state index in [1.165, 1.54) is 53.1 Å². The Morgan fingerprint density at radius 1 is 0.267 bits per heavy atom. The van der Waals surface area contributed by atoms with Crippen molar-refractivity contribution in [3.63, 3.8) is 0 Å². The molecule has 0 fully saturated rings. The molecular formula is C68H93F7. The summed E-state index contributed by atoms with van der Waals surface area (Å²) in [5.74, 6) is -0.439. The van der Waals surface area contributed by atoms with Crippen molar-refractivity contribution in [2.75, 3.05) is 0 Å². The summed E-state index contributed by atoms with van der Waals surface area (Å²) in [5, 5.41) is 0. The zero-order valence-electron chi connectivity index (χ0n) is 45.7. The molecule has 0 bridgehead atoms. The molecule has 0 nitrogen and oxygen atoms in total. The van der Waals surface area contributed by atoms with Crippen LogP contribution in [0, 0.1) is 54.6 Å². The molecule has 0 aliphatic heterocycles. The van der Waals surface area contributed by atoms with E-state index in [2.05, 4.69) is 111 Å². The van der Waals surface area contributed by atoms with Crippen LogP contribution < -0.4 is 0 Å². The van der Waals surface area contributed by atoms with Crippen molar-refractivity contribution in [2.45, 2.75) is 174 Å². The lowest BCUT2D eigenvalue weighted by molar-refractivity contribution is 0.494. The maximum absolute atomic E-state index is 12.9. The molecular weight excluding hydrogens is 950 g/mol. The van der Waals surface area contributed by atoms with Crippen LogP contribution in [0.25, 0.3) is 0 Å². The second-order valence-corrected chi connectivity index (χ2v) is 19.8. The van der Waals surface area contributed by atoms with Crippen molar-refractivity contribution < 1.29 is 30.7 Å². The quantitative estimate of drug-likeness (QED) is 0.140. The SMILES string of the molecule is C.C.C.CC(C)c1c(F)cccc1F.CC(C)c1cccc(F)c1.CC(C)c1cccc(F)c1F.CC(C)c1ccccc1.CC(C)c1ccccc1F.Cc1cc(F)cc(C(C)C)c1.Cc1ccc(C(C)C)cc1. The van der Waals surface area contributed by atoms with Gasteiger partial charge in [-0.1, -0.05) is 234 Å². The molecule has 0 saturated carbocycles. The number of benzene rings is 7. The molecule has 0 atom stereocenters. The smallest absolute Gasteiger partial charge is 0.162 e. The molecule has 414 valence electrons. The van der Waals surface area contributed by atoms with Crippen LogP contribution in [-0.4, -0.2) is 0 Å². The van der Waals surface area contributed by atoms with Gasteiger partial charge in [-0.15, -0.1) is 0 Å². The molecule has 7 aromatic carbocycles. The first-order valence-electron chi connectivity index (χ1n) is 25.0. The van der Waals surface area contributed by atoms with Crippen LogP contribution in [0.3, 0.4) is 0 Å². The molecule has 0 amide bonds. The van der Waals surface area contributed by atoms with Crippen LogP contribution in [0.1, 0.15) is 211 Å². The molecule has 0 spiro atoms. The van der Waals surface area contributed by atoms with Gasteiger partial charge >= 0.3 is 0 Å². The van der Waals surface area contributed by atoms with E-state index in [0.717, 1.165) is 28.3 Å². The number of aryl methyl sites for hydroxylation is 2. The largest absolute Gasteiger partial charge is 0.207 e. The molecule has 0 radical (unpaired) electrons. The van der Waals surface area contributed by atoms with Gasteiger partial charge < -0.3 is 0 Å². The third kappa shape index (κ3) is 29.1. The highest BCUT2D eigenvalue weighted by molar-refractivity contribution is 5.27. The summed E-state index contributed by atoms with van der Waals surface area (Å²) in [6.45, 7) is 32.3. The zero-order valence-corrected chi connectivity index (χ0v) is 45.7. The number of hydrogen-bond donors (Lipinski definition) is 0. The zero-order chi connectivity index (χ0) is 54.7. The monoisotopic (exact) mass is 1040 g/mol. The van der Waals surface area contributed by atoms with Crippen LogP contribution in [0.15, 0.2) is 158 Å². The Hall–Kier alpha value is -5.95. The van der Waals surface area contributed by atoms with Gasteiger partial charge in [0.05, 0.1) is 0 Å². The molecule has 0 unspecified atom stereocenters. The van der Waals surface area contributed by atoms with Gasteiger partial charge in [0, 0.05) is 5.56 Å². The fourth-order valence-corrected chi connectivity index (χ4v) is 6.72. The molecule has 0 N–H and O–H groups in total. The summed E-state index contributed by atoms with van der Waals surface area (Å²) in [6.07, 6.45) is 0. The molecule has 0 aliphatic rings. The highest BCUT2D eigenvalue weighted by atomic mass is 19.2. The van der Waals surface area contributed by atoms with Crippen LogP contribution in [0.4, 0.5) is 30.7 Å². The number of hydrogen-bond acceptors (Lipinski definition) is 0. The van der Waals surface area contributed by atoms with Crippen LogP contribution in [-0.2, 0) is 0 Å². The van der Waals surface area contributed by atoms with Gasteiger partial charge in [0.25, 0.3) is 0 Å². The Balaban J connectivity index is -0.000000802. The molecule has 0 saturated heterocycles. The number of halogens is 7. The summed E-state index contributed by atoms with van der Waals surface area (Å²) < 4.78 is 89.3. The summed E-state index contributed by atoms with van der Waals surface area (Å²) in [5.41, 5.74) is 8.70. The topological polar surface area (TPSA) is 0 Å². The van der Waals surface area contributed by atoms with Crippen molar-refractivity contribution in [2.24, 2.45) is 0 Å². The van der Waals surface area contributed by atoms with Crippen molar-refractivity contribution >= 4 is 0 Å². The van der Waals surface area contributed by atoms with E-state index >= 15 is 0 Å². The van der Waals surface area contributed by atoms with Gasteiger partial charge in [0.2, 0.25) is 0 Å². The van der Waals surface area contributed by atoms with E-state index in [1.54, 1.807) is 50.2 Å². The molecule has 75 heavy (non-hydrogen) atoms. The Morgan fingerprint density at radius 2 is 0.653 bits per heavy atom. The molecule has 0 heterocycles. The number of rotatable bonds is 7. The standard InChI is InChI=1S/C10H13F.C10H14.2C9H10F2.2C9H11F.C9H12.3CH4/c1-7(2)9-4-8(3)5-10(11)6-9;1-8(2)10-6-4-9(3)5-7-10;1-6(2)9-7(10)4-3-5-8(9)11;1-6(2)7-4-3-5-8(10)9(7)11;1-7(2)8-4-3-5-9(10)6-8;1-7(2)8-5-3-4-6-9(8)10;1-8(2)9-6-4-3-5-7-9;;;/h4-7H,1-3H3;4-8H,1-3H3;2*3-6H,1-2H3;2*3-7H,1-2H3;3-8H,1-2H3;3*1H4. The van der Waals surface area contributed by atoms with Crippen molar-refractivity contribution in [3.8, 4) is 0 Å². The van der Waals surface area contributed by atoms with Gasteiger partial charge in [-0.3, -0.25) is 0 Å². The molecule has 0 aliphatic carbocycles. The minimum absolute atomic E-state index is 0. The molecule has 0 aromatic heterocycles. The first kappa shape index (κ1) is 73.3. The van der Waals surface area contributed by atoms with Crippen LogP contribution >= 0.6 is 0 Å². The van der Waals surface area contributed by atoms with E-state index < -0.39 is 23.3 Å². The lowest BCUT2D eigenvalue weighted by Crippen LogP contribution is -1.96. The van der Waals surface area contributed by atoms with Crippen molar-refractivity contribution in [1.82, 2.24) is 0 Å². The third-order valence-corrected chi connectivity index (χ3v) is 11.2. The van der Waals surface area contributed by atoms with E-state index in [0.29, 0.717) is 29.2 Å². The van der Waals surface area contributed by atoms with Gasteiger partial charge in [-0.05, 0) is 143 Å². The molecule has 7 rings (SSSR count). The fourth-order valence-electron chi connectivity index (χ4n) is 6.72. The second kappa shape index (κ2) is 38.6. The van der Waals surface area contributed by atoms with E-state index in [9.17, 15) is 30.7 Å². The first-order chi connectivity index (χ1) is 33.8. The Labute approximate surface area is 451 Å². The summed E-state index contributed by atoms with van der Waals surface area (Å²) in [6, 6.07) is 46.2. The van der Waals surface area contributed by atoms with Gasteiger partial charge in [0.1, 0.15) is 29.1 Å². The van der Waals surface area contributed by atoms with Crippen molar-refractivity contribution in [1.29, 1.82) is 0 Å². The van der Waals surface area contributed by atoms with E-state index in [-0.39, 0.29) is 63.0 Å². The van der Waals surface area contributed by atoms with E-state index in [4.69, 9.17) is 0 Å². The maximum atomic E-state index is 12.9. The minimum Gasteiger partial charge on any atom is -0.207 e. The van der Waals surface area contributed by atoms with Gasteiger partial charge in [-0.25, -0.2) is 30.7 Å². The highest BCUT2D eigenvalue weighted by Crippen LogP contribution is 2.23. The Kier molecular flexibility index (Phi) is 37.7. The third-order valence-electron chi connectivity index (χ3n) is 11.2. The van der Waals surface area contributed by atoms with E-state index in [1.807, 2.05) is 65.0 Å². The predicted octanol–water partition coefficient (Wildman–Crippen LogP) is 23.2. The Bertz CT molecular complexity index is 2510. The predicted molar refractivity (Wildman–Crippen MR) is 313 cm³/mol. The van der Waals surface area contributed by atoms with Crippen LogP contribution in [0.5, 0.6) is 0 Å². The van der Waals surface area contributed by atoms with Crippen LogP contribution in [0.2, 0.25) is 0 Å². The average Bonchev–Trinajstić information content (AvgIpc) is 3.31.